The van der Waals surface area contributed by atoms with Crippen molar-refractivity contribution in [3.8, 4) is 0 Å². The van der Waals surface area contributed by atoms with E-state index in [4.69, 9.17) is 9.84 Å². The van der Waals surface area contributed by atoms with Gasteiger partial charge in [-0.1, -0.05) is 26.8 Å². The highest BCUT2D eigenvalue weighted by atomic mass is 16.5. The van der Waals surface area contributed by atoms with Crippen molar-refractivity contribution in [1.82, 2.24) is 0 Å². The van der Waals surface area contributed by atoms with E-state index in [1.54, 1.807) is 6.08 Å². The average Bonchev–Trinajstić information content (AvgIpc) is 2.77. The highest BCUT2D eigenvalue weighted by Gasteiger charge is 2.60. The number of hydrogen-bond donors (Lipinski definition) is 1. The molecule has 3 atom stereocenters. The predicted octanol–water partition coefficient (Wildman–Crippen LogP) is 2.24. The van der Waals surface area contributed by atoms with E-state index in [1.165, 1.54) is 6.08 Å². The van der Waals surface area contributed by atoms with E-state index in [1.807, 2.05) is 27.7 Å². The molecule has 1 aliphatic carbocycles. The number of carbonyl (C=O) groups excluding carboxylic acids is 1. The minimum atomic E-state index is -0.806. The molecule has 96 valence electrons. The number of rotatable bonds is 5. The van der Waals surface area contributed by atoms with Gasteiger partial charge in [0.1, 0.15) is 0 Å². The second-order valence-corrected chi connectivity index (χ2v) is 5.18. The number of allylic oxidation sites excluding steroid dienone is 1. The molecule has 1 aliphatic rings. The van der Waals surface area contributed by atoms with Crippen LogP contribution in [-0.2, 0) is 14.3 Å². The van der Waals surface area contributed by atoms with Crippen molar-refractivity contribution >= 4 is 11.9 Å². The van der Waals surface area contributed by atoms with Crippen molar-refractivity contribution in [1.29, 1.82) is 0 Å². The highest BCUT2D eigenvalue weighted by Crippen LogP contribution is 2.58. The van der Waals surface area contributed by atoms with E-state index >= 15 is 0 Å². The van der Waals surface area contributed by atoms with Gasteiger partial charge in [0.2, 0.25) is 0 Å². The average molecular weight is 240 g/mol. The first-order chi connectivity index (χ1) is 7.80. The van der Waals surface area contributed by atoms with Crippen molar-refractivity contribution in [3.05, 3.63) is 12.2 Å². The molecular formula is C13H20O4. The third-order valence-corrected chi connectivity index (χ3v) is 3.51. The summed E-state index contributed by atoms with van der Waals surface area (Å²) in [4.78, 5) is 22.3. The molecule has 0 aliphatic heterocycles. The maximum atomic E-state index is 11.4. The molecule has 0 heterocycles. The van der Waals surface area contributed by atoms with Crippen LogP contribution in [0.5, 0.6) is 0 Å². The zero-order valence-corrected chi connectivity index (χ0v) is 10.8. The zero-order valence-electron chi connectivity index (χ0n) is 10.8. The lowest BCUT2D eigenvalue weighted by atomic mass is 10.1. The molecule has 0 aromatic heterocycles. The second-order valence-electron chi connectivity index (χ2n) is 5.18. The SMILES string of the molecule is CC[C@@H](C)OC(=O)C=CC1[C@H](C(=O)O)C1(C)C. The van der Waals surface area contributed by atoms with E-state index in [9.17, 15) is 9.59 Å². The fraction of sp³-hybridized carbons (Fsp3) is 0.692. The lowest BCUT2D eigenvalue weighted by molar-refractivity contribution is -0.142. The Morgan fingerprint density at radius 2 is 2.06 bits per heavy atom. The number of esters is 1. The van der Waals surface area contributed by atoms with Gasteiger partial charge in [-0.3, -0.25) is 4.79 Å². The van der Waals surface area contributed by atoms with Crippen molar-refractivity contribution in [2.75, 3.05) is 0 Å². The highest BCUT2D eigenvalue weighted by molar-refractivity contribution is 5.83. The fourth-order valence-electron chi connectivity index (χ4n) is 2.01. The number of hydrogen-bond acceptors (Lipinski definition) is 3. The van der Waals surface area contributed by atoms with Crippen LogP contribution in [0.25, 0.3) is 0 Å². The monoisotopic (exact) mass is 240 g/mol. The second kappa shape index (κ2) is 4.90. The smallest absolute Gasteiger partial charge is 0.330 e. The van der Waals surface area contributed by atoms with Gasteiger partial charge in [-0.05, 0) is 24.7 Å². The van der Waals surface area contributed by atoms with E-state index in [0.717, 1.165) is 6.42 Å². The van der Waals surface area contributed by atoms with E-state index in [0.29, 0.717) is 0 Å². The number of ether oxygens (including phenoxy) is 1. The molecule has 0 amide bonds. The van der Waals surface area contributed by atoms with Gasteiger partial charge in [0.15, 0.2) is 0 Å². The van der Waals surface area contributed by atoms with Crippen LogP contribution in [0.15, 0.2) is 12.2 Å². The first-order valence-electron chi connectivity index (χ1n) is 5.92. The molecule has 0 saturated heterocycles. The number of carbonyl (C=O) groups is 2. The van der Waals surface area contributed by atoms with Crippen molar-refractivity contribution in [3.63, 3.8) is 0 Å². The van der Waals surface area contributed by atoms with Crippen LogP contribution in [0.4, 0.5) is 0 Å². The Balaban J connectivity index is 2.51. The Kier molecular flexibility index (Phi) is 3.96. The van der Waals surface area contributed by atoms with Gasteiger partial charge < -0.3 is 9.84 Å². The standard InChI is InChI=1S/C13H20O4/c1-5-8(2)17-10(14)7-6-9-11(12(15)16)13(9,3)4/h6-9,11H,5H2,1-4H3,(H,15,16)/t8-,9?,11-/m1/s1. The van der Waals surface area contributed by atoms with Gasteiger partial charge >= 0.3 is 11.9 Å². The van der Waals surface area contributed by atoms with Crippen LogP contribution >= 0.6 is 0 Å². The van der Waals surface area contributed by atoms with Crippen molar-refractivity contribution < 1.29 is 19.4 Å². The van der Waals surface area contributed by atoms with Gasteiger partial charge in [0, 0.05) is 6.08 Å². The molecule has 1 fully saturated rings. The number of aliphatic carboxylic acids is 1. The molecule has 0 aromatic carbocycles. The lowest BCUT2D eigenvalue weighted by Crippen LogP contribution is -2.11. The first kappa shape index (κ1) is 13.7. The topological polar surface area (TPSA) is 63.6 Å². The van der Waals surface area contributed by atoms with Crippen LogP contribution in [0.1, 0.15) is 34.1 Å². The van der Waals surface area contributed by atoms with Crippen LogP contribution < -0.4 is 0 Å². The van der Waals surface area contributed by atoms with Crippen LogP contribution in [0.3, 0.4) is 0 Å². The van der Waals surface area contributed by atoms with Crippen LogP contribution in [0, 0.1) is 17.3 Å². The largest absolute Gasteiger partial charge is 0.481 e. The van der Waals surface area contributed by atoms with Crippen LogP contribution in [-0.4, -0.2) is 23.1 Å². The third kappa shape index (κ3) is 3.08. The Morgan fingerprint density at radius 1 is 1.47 bits per heavy atom. The molecule has 4 nitrogen and oxygen atoms in total. The molecule has 17 heavy (non-hydrogen) atoms. The maximum absolute atomic E-state index is 11.4. The summed E-state index contributed by atoms with van der Waals surface area (Å²) in [5, 5.41) is 8.96. The first-order valence-corrected chi connectivity index (χ1v) is 5.92. The molecule has 0 spiro atoms. The van der Waals surface area contributed by atoms with Crippen LogP contribution in [0.2, 0.25) is 0 Å². The van der Waals surface area contributed by atoms with E-state index in [-0.39, 0.29) is 17.4 Å². The summed E-state index contributed by atoms with van der Waals surface area (Å²) < 4.78 is 5.07. The van der Waals surface area contributed by atoms with Gasteiger partial charge in [-0.15, -0.1) is 0 Å². The molecule has 1 saturated carbocycles. The normalized spacial score (nSPS) is 27.8. The molecule has 1 unspecified atom stereocenters. The summed E-state index contributed by atoms with van der Waals surface area (Å²) in [7, 11) is 0. The van der Waals surface area contributed by atoms with Crippen molar-refractivity contribution in [2.24, 2.45) is 17.3 Å². The minimum absolute atomic E-state index is 0.0792. The van der Waals surface area contributed by atoms with Gasteiger partial charge in [-0.2, -0.15) is 0 Å². The Labute approximate surface area is 102 Å². The van der Waals surface area contributed by atoms with Gasteiger partial charge in [0.25, 0.3) is 0 Å². The zero-order chi connectivity index (χ0) is 13.2. The van der Waals surface area contributed by atoms with Gasteiger partial charge in [0.05, 0.1) is 12.0 Å². The Morgan fingerprint density at radius 3 is 2.47 bits per heavy atom. The number of carboxylic acids is 1. The Hall–Kier alpha value is -1.32. The minimum Gasteiger partial charge on any atom is -0.481 e. The molecule has 1 N–H and O–H groups in total. The Bertz CT molecular complexity index is 343. The van der Waals surface area contributed by atoms with E-state index < -0.39 is 17.9 Å². The lowest BCUT2D eigenvalue weighted by Gasteiger charge is -2.07. The van der Waals surface area contributed by atoms with Crippen molar-refractivity contribution in [2.45, 2.75) is 40.2 Å². The predicted molar refractivity (Wildman–Crippen MR) is 63.4 cm³/mol. The molecule has 0 aromatic rings. The molecular weight excluding hydrogens is 220 g/mol. The quantitative estimate of drug-likeness (QED) is 0.591. The molecule has 0 bridgehead atoms. The van der Waals surface area contributed by atoms with E-state index in [2.05, 4.69) is 0 Å². The van der Waals surface area contributed by atoms with Gasteiger partial charge in [-0.25, -0.2) is 4.79 Å². The molecule has 1 rings (SSSR count). The fourth-order valence-corrected chi connectivity index (χ4v) is 2.01. The molecule has 4 heteroatoms. The number of carboxylic acid groups (broad SMARTS) is 1. The summed E-state index contributed by atoms with van der Waals surface area (Å²) in [6.45, 7) is 7.54. The summed E-state index contributed by atoms with van der Waals surface area (Å²) >= 11 is 0. The third-order valence-electron chi connectivity index (χ3n) is 3.51. The summed E-state index contributed by atoms with van der Waals surface area (Å²) in [5.74, 6) is -1.68. The summed E-state index contributed by atoms with van der Waals surface area (Å²) in [6, 6.07) is 0. The molecule has 0 radical (unpaired) electrons. The maximum Gasteiger partial charge on any atom is 0.330 e. The summed E-state index contributed by atoms with van der Waals surface area (Å²) in [5.41, 5.74) is -0.265. The summed E-state index contributed by atoms with van der Waals surface area (Å²) in [6.07, 6.45) is 3.67.